The van der Waals surface area contributed by atoms with Gasteiger partial charge in [0.15, 0.2) is 6.20 Å². The minimum atomic E-state index is 0.989. The predicted octanol–water partition coefficient (Wildman–Crippen LogP) is 4.88. The minimum Gasteiger partial charge on any atom is -0.191 e. The van der Waals surface area contributed by atoms with Crippen LogP contribution in [-0.4, -0.2) is 0 Å². The van der Waals surface area contributed by atoms with Gasteiger partial charge >= 0.3 is 0 Å². The fourth-order valence-corrected chi connectivity index (χ4v) is 2.57. The first-order valence-electron chi connectivity index (χ1n) is 8.33. The van der Waals surface area contributed by atoms with E-state index >= 15 is 0 Å². The van der Waals surface area contributed by atoms with Gasteiger partial charge in [0.05, 0.1) is 0 Å². The van der Waals surface area contributed by atoms with Crippen molar-refractivity contribution in [3.05, 3.63) is 30.1 Å². The predicted molar refractivity (Wildman–Crippen MR) is 86.4 cm³/mol. The van der Waals surface area contributed by atoms with Crippen molar-refractivity contribution in [1.82, 2.24) is 0 Å². The lowest BCUT2D eigenvalue weighted by Gasteiger charge is -2.02. The molecule has 0 bridgehead atoms. The molecule has 1 rings (SSSR count). The number of terminal acetylenes is 1. The van der Waals surface area contributed by atoms with Crippen LogP contribution in [0.4, 0.5) is 0 Å². The smallest absolute Gasteiger partial charge is 0.191 e. The largest absolute Gasteiger partial charge is 0.256 e. The maximum atomic E-state index is 5.50. The normalized spacial score (nSPS) is 10.4. The second kappa shape index (κ2) is 11.5. The molecule has 0 atom stereocenters. The lowest BCUT2D eigenvalue weighted by molar-refractivity contribution is -0.699. The number of aryl methyl sites for hydroxylation is 1. The zero-order valence-corrected chi connectivity index (χ0v) is 13.1. The molecule has 0 amide bonds. The Labute approximate surface area is 125 Å². The van der Waals surface area contributed by atoms with E-state index in [-0.39, 0.29) is 0 Å². The Hall–Kier alpha value is -1.29. The number of nitrogens with zero attached hydrogens (tertiary/aromatic N) is 1. The average Bonchev–Trinajstić information content (AvgIpc) is 2.49. The van der Waals surface area contributed by atoms with Gasteiger partial charge in [0.2, 0.25) is 0 Å². The van der Waals surface area contributed by atoms with Crippen molar-refractivity contribution < 1.29 is 4.57 Å². The van der Waals surface area contributed by atoms with Gasteiger partial charge in [-0.15, -0.1) is 6.42 Å². The molecule has 20 heavy (non-hydrogen) atoms. The summed E-state index contributed by atoms with van der Waals surface area (Å²) in [6.07, 6.45) is 21.4. The lowest BCUT2D eigenvalue weighted by Crippen LogP contribution is -2.36. The van der Waals surface area contributed by atoms with Gasteiger partial charge in [-0.25, -0.2) is 0 Å². The van der Waals surface area contributed by atoms with Gasteiger partial charge in [0, 0.05) is 18.6 Å². The summed E-state index contributed by atoms with van der Waals surface area (Å²) in [7, 11) is 0. The Morgan fingerprint density at radius 2 is 1.50 bits per heavy atom. The summed E-state index contributed by atoms with van der Waals surface area (Å²) >= 11 is 0. The first kappa shape index (κ1) is 16.8. The van der Waals surface area contributed by atoms with Crippen molar-refractivity contribution >= 4 is 0 Å². The van der Waals surface area contributed by atoms with Crippen LogP contribution in [0.25, 0.3) is 0 Å². The maximum absolute atomic E-state index is 5.50. The highest BCUT2D eigenvalue weighted by Crippen LogP contribution is 2.10. The van der Waals surface area contributed by atoms with Crippen LogP contribution in [0.3, 0.4) is 0 Å². The van der Waals surface area contributed by atoms with Crippen LogP contribution in [0.1, 0.15) is 76.8 Å². The first-order chi connectivity index (χ1) is 9.88. The van der Waals surface area contributed by atoms with E-state index in [4.69, 9.17) is 6.42 Å². The van der Waals surface area contributed by atoms with Gasteiger partial charge in [0.1, 0.15) is 6.54 Å². The fraction of sp³-hybridized carbons (Fsp3) is 0.632. The number of rotatable bonds is 11. The molecule has 0 saturated heterocycles. The second-order valence-electron chi connectivity index (χ2n) is 5.61. The second-order valence-corrected chi connectivity index (χ2v) is 5.61. The molecule has 0 N–H and O–H groups in total. The standard InChI is InChI=1S/C19H30N/c1-3-5-6-7-8-9-10-11-12-14-17-20-18-15-13-16-19(20)4-2/h2,13,15-16,18H,3,5-12,14,17H2,1H3/q+1. The molecule has 1 heteroatoms. The summed E-state index contributed by atoms with van der Waals surface area (Å²) in [6, 6.07) is 6.07. The van der Waals surface area contributed by atoms with Crippen molar-refractivity contribution in [2.45, 2.75) is 77.7 Å². The van der Waals surface area contributed by atoms with Gasteiger partial charge in [-0.3, -0.25) is 0 Å². The van der Waals surface area contributed by atoms with Crippen molar-refractivity contribution in [1.29, 1.82) is 0 Å². The van der Waals surface area contributed by atoms with E-state index in [0.29, 0.717) is 0 Å². The Morgan fingerprint density at radius 3 is 2.10 bits per heavy atom. The summed E-state index contributed by atoms with van der Waals surface area (Å²) in [5.41, 5.74) is 0.989. The molecule has 1 heterocycles. The maximum Gasteiger partial charge on any atom is 0.256 e. The Morgan fingerprint density at radius 1 is 0.900 bits per heavy atom. The van der Waals surface area contributed by atoms with Crippen molar-refractivity contribution in [3.8, 4) is 12.3 Å². The third kappa shape index (κ3) is 7.34. The molecule has 110 valence electrons. The van der Waals surface area contributed by atoms with Crippen LogP contribution in [0.2, 0.25) is 0 Å². The number of pyridine rings is 1. The van der Waals surface area contributed by atoms with Crippen molar-refractivity contribution in [3.63, 3.8) is 0 Å². The highest BCUT2D eigenvalue weighted by atomic mass is 14.9. The number of aromatic nitrogens is 1. The molecule has 0 fully saturated rings. The molecule has 0 aromatic carbocycles. The van der Waals surface area contributed by atoms with E-state index in [2.05, 4.69) is 29.7 Å². The molecule has 0 spiro atoms. The minimum absolute atomic E-state index is 0.989. The van der Waals surface area contributed by atoms with E-state index in [1.807, 2.05) is 12.1 Å². The summed E-state index contributed by atoms with van der Waals surface area (Å²) < 4.78 is 2.19. The van der Waals surface area contributed by atoms with Crippen LogP contribution in [-0.2, 0) is 6.54 Å². The quantitative estimate of drug-likeness (QED) is 0.307. The van der Waals surface area contributed by atoms with Gasteiger partial charge in [0.25, 0.3) is 5.69 Å². The molecular formula is C19H30N+. The third-order valence-corrected chi connectivity index (χ3v) is 3.84. The van der Waals surface area contributed by atoms with Gasteiger partial charge in [-0.2, -0.15) is 4.57 Å². The highest BCUT2D eigenvalue weighted by molar-refractivity contribution is 5.18. The fourth-order valence-electron chi connectivity index (χ4n) is 2.57. The molecular weight excluding hydrogens is 242 g/mol. The van der Waals surface area contributed by atoms with E-state index in [1.165, 1.54) is 64.2 Å². The van der Waals surface area contributed by atoms with Crippen LogP contribution in [0.5, 0.6) is 0 Å². The molecule has 1 aromatic heterocycles. The molecule has 0 saturated carbocycles. The van der Waals surface area contributed by atoms with Crippen LogP contribution < -0.4 is 4.57 Å². The van der Waals surface area contributed by atoms with E-state index in [9.17, 15) is 0 Å². The molecule has 0 radical (unpaired) electrons. The zero-order chi connectivity index (χ0) is 14.5. The monoisotopic (exact) mass is 272 g/mol. The van der Waals surface area contributed by atoms with E-state index < -0.39 is 0 Å². The molecule has 1 aromatic rings. The molecule has 0 unspecified atom stereocenters. The van der Waals surface area contributed by atoms with E-state index in [1.54, 1.807) is 0 Å². The zero-order valence-electron chi connectivity index (χ0n) is 13.1. The summed E-state index contributed by atoms with van der Waals surface area (Å²) in [6.45, 7) is 3.33. The molecule has 0 aliphatic carbocycles. The van der Waals surface area contributed by atoms with Crippen LogP contribution in [0, 0.1) is 12.3 Å². The topological polar surface area (TPSA) is 3.88 Å². The van der Waals surface area contributed by atoms with E-state index in [0.717, 1.165) is 12.2 Å². The summed E-state index contributed by atoms with van der Waals surface area (Å²) in [4.78, 5) is 0. The summed E-state index contributed by atoms with van der Waals surface area (Å²) in [5.74, 6) is 2.74. The van der Waals surface area contributed by atoms with Crippen LogP contribution in [0.15, 0.2) is 24.4 Å². The summed E-state index contributed by atoms with van der Waals surface area (Å²) in [5, 5.41) is 0. The lowest BCUT2D eigenvalue weighted by atomic mass is 10.1. The Bertz CT molecular complexity index is 389. The number of unbranched alkanes of at least 4 members (excludes halogenated alkanes) is 9. The number of hydrogen-bond acceptors (Lipinski definition) is 0. The van der Waals surface area contributed by atoms with Gasteiger partial charge in [-0.05, 0) is 18.4 Å². The Kier molecular flexibility index (Phi) is 9.66. The van der Waals surface area contributed by atoms with Gasteiger partial charge < -0.3 is 0 Å². The van der Waals surface area contributed by atoms with Crippen molar-refractivity contribution in [2.24, 2.45) is 0 Å². The SMILES string of the molecule is C#Cc1cccc[n+]1CCCCCCCCCCCC. The third-order valence-electron chi connectivity index (χ3n) is 3.84. The average molecular weight is 272 g/mol. The molecule has 0 aliphatic rings. The molecule has 0 aliphatic heterocycles. The van der Waals surface area contributed by atoms with Crippen LogP contribution >= 0.6 is 0 Å². The number of hydrogen-bond donors (Lipinski definition) is 0. The van der Waals surface area contributed by atoms with Crippen molar-refractivity contribution in [2.75, 3.05) is 0 Å². The van der Waals surface area contributed by atoms with Gasteiger partial charge in [-0.1, -0.05) is 58.3 Å². The molecule has 1 nitrogen and oxygen atoms in total. The highest BCUT2D eigenvalue weighted by Gasteiger charge is 2.05. The first-order valence-corrected chi connectivity index (χ1v) is 8.33. The Balaban J connectivity index is 1.98.